The summed E-state index contributed by atoms with van der Waals surface area (Å²) in [5.74, 6) is -2.31. The van der Waals surface area contributed by atoms with E-state index in [1.807, 2.05) is 0 Å². The van der Waals surface area contributed by atoms with Crippen molar-refractivity contribution >= 4 is 5.97 Å². The number of alkyl halides is 3. The fraction of sp³-hybridized carbons (Fsp3) is 0.250. The molecule has 0 aliphatic rings. The lowest BCUT2D eigenvalue weighted by Gasteiger charge is -2.12. The average Bonchev–Trinajstić information content (AvgIpc) is 2.15. The van der Waals surface area contributed by atoms with Gasteiger partial charge in [0.2, 0.25) is 0 Å². The third kappa shape index (κ3) is 2.17. The van der Waals surface area contributed by atoms with E-state index in [9.17, 15) is 18.0 Å². The van der Waals surface area contributed by atoms with Crippen molar-refractivity contribution in [2.75, 3.05) is 7.11 Å². The molecular formula is C8H6F3NO3. The highest BCUT2D eigenvalue weighted by molar-refractivity contribution is 5.88. The molecule has 1 N–H and O–H groups in total. The highest BCUT2D eigenvalue weighted by Crippen LogP contribution is 2.37. The molecule has 82 valence electrons. The van der Waals surface area contributed by atoms with Gasteiger partial charge in [0.05, 0.1) is 7.11 Å². The Morgan fingerprint density at radius 2 is 2.13 bits per heavy atom. The number of aromatic carboxylic acids is 1. The minimum absolute atomic E-state index is 0.560. The van der Waals surface area contributed by atoms with Gasteiger partial charge in [-0.2, -0.15) is 13.2 Å². The SMILES string of the molecule is COc1ccnc(C(=O)O)c1C(F)(F)F. The summed E-state index contributed by atoms with van der Waals surface area (Å²) >= 11 is 0. The topological polar surface area (TPSA) is 59.4 Å². The summed E-state index contributed by atoms with van der Waals surface area (Å²) in [6.45, 7) is 0. The normalized spacial score (nSPS) is 11.2. The van der Waals surface area contributed by atoms with Crippen LogP contribution in [0.25, 0.3) is 0 Å². The second-order valence-corrected chi connectivity index (χ2v) is 2.54. The zero-order valence-corrected chi connectivity index (χ0v) is 7.50. The molecule has 0 amide bonds. The Morgan fingerprint density at radius 3 is 2.53 bits per heavy atom. The van der Waals surface area contributed by atoms with Crippen molar-refractivity contribution < 1.29 is 27.8 Å². The van der Waals surface area contributed by atoms with Gasteiger partial charge in [-0.1, -0.05) is 0 Å². The number of hydrogen-bond donors (Lipinski definition) is 1. The molecule has 0 fully saturated rings. The van der Waals surface area contributed by atoms with Crippen molar-refractivity contribution in [3.05, 3.63) is 23.5 Å². The lowest BCUT2D eigenvalue weighted by molar-refractivity contribution is -0.139. The number of pyridine rings is 1. The average molecular weight is 221 g/mol. The number of carboxylic acids is 1. The maximum absolute atomic E-state index is 12.5. The largest absolute Gasteiger partial charge is 0.496 e. The van der Waals surface area contributed by atoms with E-state index in [-0.39, 0.29) is 0 Å². The number of rotatable bonds is 2. The van der Waals surface area contributed by atoms with Crippen molar-refractivity contribution in [3.63, 3.8) is 0 Å². The molecule has 0 unspecified atom stereocenters. The van der Waals surface area contributed by atoms with Crippen molar-refractivity contribution in [1.82, 2.24) is 4.98 Å². The number of methoxy groups -OCH3 is 1. The molecule has 0 aliphatic carbocycles. The quantitative estimate of drug-likeness (QED) is 0.827. The van der Waals surface area contributed by atoms with E-state index in [2.05, 4.69) is 9.72 Å². The number of hydrogen-bond acceptors (Lipinski definition) is 3. The third-order valence-electron chi connectivity index (χ3n) is 1.62. The van der Waals surface area contributed by atoms with Crippen LogP contribution in [-0.4, -0.2) is 23.2 Å². The number of nitrogens with zero attached hydrogens (tertiary/aromatic N) is 1. The van der Waals surface area contributed by atoms with Crippen molar-refractivity contribution in [2.24, 2.45) is 0 Å². The van der Waals surface area contributed by atoms with E-state index in [1.165, 1.54) is 0 Å². The Kier molecular flexibility index (Phi) is 2.83. The molecule has 1 heterocycles. The van der Waals surface area contributed by atoms with Crippen molar-refractivity contribution in [1.29, 1.82) is 0 Å². The second kappa shape index (κ2) is 3.76. The molecule has 0 aliphatic heterocycles. The Balaban J connectivity index is 3.47. The van der Waals surface area contributed by atoms with Crippen LogP contribution in [0.5, 0.6) is 5.75 Å². The van der Waals surface area contributed by atoms with Gasteiger partial charge in [-0.15, -0.1) is 0 Å². The molecule has 1 aromatic heterocycles. The Bertz CT molecular complexity index is 389. The minimum Gasteiger partial charge on any atom is -0.496 e. The Hall–Kier alpha value is -1.79. The molecule has 15 heavy (non-hydrogen) atoms. The summed E-state index contributed by atoms with van der Waals surface area (Å²) in [7, 11) is 1.02. The van der Waals surface area contributed by atoms with Gasteiger partial charge in [-0.25, -0.2) is 9.78 Å². The number of halogens is 3. The van der Waals surface area contributed by atoms with Crippen LogP contribution in [-0.2, 0) is 6.18 Å². The third-order valence-corrected chi connectivity index (χ3v) is 1.62. The second-order valence-electron chi connectivity index (χ2n) is 2.54. The van der Waals surface area contributed by atoms with Gasteiger partial charge in [0.15, 0.2) is 5.69 Å². The summed E-state index contributed by atoms with van der Waals surface area (Å²) in [5, 5.41) is 8.53. The zero-order valence-electron chi connectivity index (χ0n) is 7.50. The van der Waals surface area contributed by atoms with E-state index >= 15 is 0 Å². The van der Waals surface area contributed by atoms with Crippen LogP contribution in [0.2, 0.25) is 0 Å². The molecule has 0 bridgehead atoms. The maximum Gasteiger partial charge on any atom is 0.422 e. The van der Waals surface area contributed by atoms with E-state index in [0.717, 1.165) is 19.4 Å². The van der Waals surface area contributed by atoms with Crippen LogP contribution < -0.4 is 4.74 Å². The Morgan fingerprint density at radius 1 is 1.53 bits per heavy atom. The van der Waals surface area contributed by atoms with Crippen LogP contribution in [0.3, 0.4) is 0 Å². The highest BCUT2D eigenvalue weighted by atomic mass is 19.4. The first-order chi connectivity index (χ1) is 6.88. The first-order valence-corrected chi connectivity index (χ1v) is 3.71. The van der Waals surface area contributed by atoms with Crippen LogP contribution >= 0.6 is 0 Å². The van der Waals surface area contributed by atoms with Crippen molar-refractivity contribution in [2.45, 2.75) is 6.18 Å². The molecular weight excluding hydrogens is 215 g/mol. The minimum atomic E-state index is -4.81. The monoisotopic (exact) mass is 221 g/mol. The van der Waals surface area contributed by atoms with Crippen molar-refractivity contribution in [3.8, 4) is 5.75 Å². The summed E-state index contributed by atoms with van der Waals surface area (Å²) in [6.07, 6.45) is -3.87. The molecule has 0 radical (unpaired) electrons. The lowest BCUT2D eigenvalue weighted by atomic mass is 10.1. The lowest BCUT2D eigenvalue weighted by Crippen LogP contribution is -2.16. The maximum atomic E-state index is 12.5. The van der Waals surface area contributed by atoms with Crippen LogP contribution in [0.15, 0.2) is 12.3 Å². The summed E-state index contributed by atoms with van der Waals surface area (Å²) in [4.78, 5) is 13.7. The van der Waals surface area contributed by atoms with Gasteiger partial charge < -0.3 is 9.84 Å². The van der Waals surface area contributed by atoms with Crippen LogP contribution in [0, 0.1) is 0 Å². The number of carboxylic acid groups (broad SMARTS) is 1. The van der Waals surface area contributed by atoms with Gasteiger partial charge >= 0.3 is 12.1 Å². The molecule has 0 spiro atoms. The van der Waals surface area contributed by atoms with Gasteiger partial charge in [-0.3, -0.25) is 0 Å². The number of ether oxygens (including phenoxy) is 1. The number of carbonyl (C=O) groups is 1. The van der Waals surface area contributed by atoms with Gasteiger partial charge in [0, 0.05) is 6.20 Å². The van der Waals surface area contributed by atoms with E-state index < -0.39 is 29.2 Å². The molecule has 1 aromatic rings. The van der Waals surface area contributed by atoms with Gasteiger partial charge in [-0.05, 0) is 6.07 Å². The Labute approximate surface area is 82.3 Å². The molecule has 7 heteroatoms. The first kappa shape index (κ1) is 11.3. The summed E-state index contributed by atoms with van der Waals surface area (Å²) < 4.78 is 41.9. The van der Waals surface area contributed by atoms with Gasteiger partial charge in [0.1, 0.15) is 11.3 Å². The smallest absolute Gasteiger partial charge is 0.422 e. The molecule has 0 atom stereocenters. The predicted octanol–water partition coefficient (Wildman–Crippen LogP) is 1.81. The predicted molar refractivity (Wildman–Crippen MR) is 42.8 cm³/mol. The zero-order chi connectivity index (χ0) is 11.6. The standard InChI is InChI=1S/C8H6F3NO3/c1-15-4-2-3-12-6(7(13)14)5(4)8(9,10)11/h2-3H,1H3,(H,13,14). The summed E-state index contributed by atoms with van der Waals surface area (Å²) in [6, 6.07) is 0.954. The molecule has 1 rings (SSSR count). The molecule has 4 nitrogen and oxygen atoms in total. The fourth-order valence-electron chi connectivity index (χ4n) is 1.05. The summed E-state index contributed by atoms with van der Waals surface area (Å²) in [5.41, 5.74) is -2.44. The molecule has 0 aromatic carbocycles. The first-order valence-electron chi connectivity index (χ1n) is 3.71. The fourth-order valence-corrected chi connectivity index (χ4v) is 1.05. The molecule has 0 saturated heterocycles. The van der Waals surface area contributed by atoms with E-state index in [4.69, 9.17) is 5.11 Å². The van der Waals surface area contributed by atoms with Gasteiger partial charge in [0.25, 0.3) is 0 Å². The van der Waals surface area contributed by atoms with E-state index in [1.54, 1.807) is 0 Å². The highest BCUT2D eigenvalue weighted by Gasteiger charge is 2.39. The molecule has 0 saturated carbocycles. The van der Waals surface area contributed by atoms with E-state index in [0.29, 0.717) is 0 Å². The number of aromatic nitrogens is 1. The van der Waals surface area contributed by atoms with Crippen LogP contribution in [0.1, 0.15) is 16.1 Å². The van der Waals surface area contributed by atoms with Crippen LogP contribution in [0.4, 0.5) is 13.2 Å².